The number of allylic oxidation sites excluding steroid dienone is 2. The molecule has 0 nitrogen and oxygen atoms in total. The molecule has 3 unspecified atom stereocenters. The van der Waals surface area contributed by atoms with Crippen LogP contribution >= 0.6 is 11.6 Å². The van der Waals surface area contributed by atoms with E-state index in [1.54, 1.807) is 0 Å². The fraction of sp³-hybridized carbons (Fsp3) is 0.714. The van der Waals surface area contributed by atoms with E-state index < -0.39 is 0 Å². The van der Waals surface area contributed by atoms with E-state index in [4.69, 9.17) is 11.6 Å². The first-order valence-corrected chi connectivity index (χ1v) is 3.65. The molecule has 2 fully saturated rings. The van der Waals surface area contributed by atoms with Gasteiger partial charge in [-0.15, -0.1) is 11.6 Å². The van der Waals surface area contributed by atoms with Gasteiger partial charge in [-0.1, -0.05) is 12.2 Å². The van der Waals surface area contributed by atoms with Crippen molar-refractivity contribution in [2.75, 3.05) is 0 Å². The minimum absolute atomic E-state index is 0.398. The van der Waals surface area contributed by atoms with Crippen LogP contribution in [0.25, 0.3) is 0 Å². The molecule has 0 amide bonds. The van der Waals surface area contributed by atoms with Crippen LogP contribution in [-0.2, 0) is 0 Å². The van der Waals surface area contributed by atoms with Gasteiger partial charge in [-0.25, -0.2) is 0 Å². The van der Waals surface area contributed by atoms with Gasteiger partial charge in [-0.2, -0.15) is 0 Å². The third-order valence-electron chi connectivity index (χ3n) is 2.83. The van der Waals surface area contributed by atoms with Crippen LogP contribution in [0.1, 0.15) is 0 Å². The molecule has 2 bridgehead atoms. The molecule has 4 rings (SSSR count). The lowest BCUT2D eigenvalue weighted by Crippen LogP contribution is -2.14. The minimum atomic E-state index is 0.398. The lowest BCUT2D eigenvalue weighted by molar-refractivity contribution is 0.522. The summed E-state index contributed by atoms with van der Waals surface area (Å²) in [5.41, 5.74) is 0. The summed E-state index contributed by atoms with van der Waals surface area (Å²) in [7, 11) is 0. The Morgan fingerprint density at radius 2 is 1.75 bits per heavy atom. The molecule has 0 N–H and O–H groups in total. The first-order chi connectivity index (χ1) is 3.89. The second-order valence-electron chi connectivity index (χ2n) is 3.14. The van der Waals surface area contributed by atoms with E-state index in [1.807, 2.05) is 0 Å². The fourth-order valence-corrected chi connectivity index (χ4v) is 2.60. The Hall–Kier alpha value is 0.0300. The van der Waals surface area contributed by atoms with Crippen molar-refractivity contribution in [2.45, 2.75) is 5.38 Å². The van der Waals surface area contributed by atoms with Gasteiger partial charge in [0.15, 0.2) is 0 Å². The van der Waals surface area contributed by atoms with Crippen LogP contribution in [0.15, 0.2) is 12.2 Å². The molecule has 5 atom stereocenters. The SMILES string of the molecule is Cl[C@H]1C=CC2C3C1[C@H]23. The number of fused-ring (bicyclic) bond motifs is 1. The maximum Gasteiger partial charge on any atom is 0.0550 e. The largest absolute Gasteiger partial charge is 0.118 e. The van der Waals surface area contributed by atoms with Crippen LogP contribution in [0.4, 0.5) is 0 Å². The molecule has 0 radical (unpaired) electrons. The fourth-order valence-electron chi connectivity index (χ4n) is 2.18. The van der Waals surface area contributed by atoms with Gasteiger partial charge in [0.1, 0.15) is 0 Å². The van der Waals surface area contributed by atoms with Crippen LogP contribution in [0.2, 0.25) is 0 Å². The molecule has 2 saturated carbocycles. The number of halogens is 1. The smallest absolute Gasteiger partial charge is 0.0550 e. The van der Waals surface area contributed by atoms with Gasteiger partial charge < -0.3 is 0 Å². The van der Waals surface area contributed by atoms with E-state index in [2.05, 4.69) is 12.2 Å². The predicted molar refractivity (Wildman–Crippen MR) is 32.7 cm³/mol. The second-order valence-corrected chi connectivity index (χ2v) is 3.64. The van der Waals surface area contributed by atoms with E-state index in [1.165, 1.54) is 0 Å². The lowest BCUT2D eigenvalue weighted by atomic mass is 9.95. The summed E-state index contributed by atoms with van der Waals surface area (Å²) in [4.78, 5) is 0. The van der Waals surface area contributed by atoms with Crippen molar-refractivity contribution in [3.63, 3.8) is 0 Å². The van der Waals surface area contributed by atoms with E-state index in [0.29, 0.717) is 5.38 Å². The minimum Gasteiger partial charge on any atom is -0.118 e. The van der Waals surface area contributed by atoms with Crippen molar-refractivity contribution < 1.29 is 0 Å². The van der Waals surface area contributed by atoms with Crippen LogP contribution in [0.5, 0.6) is 0 Å². The highest BCUT2D eigenvalue weighted by Gasteiger charge is 2.75. The maximum atomic E-state index is 5.94. The first kappa shape index (κ1) is 3.94. The number of alkyl halides is 1. The van der Waals surface area contributed by atoms with E-state index in [0.717, 1.165) is 23.7 Å². The normalized spacial score (nSPS) is 71.9. The Bertz CT molecular complexity index is 163. The summed E-state index contributed by atoms with van der Waals surface area (Å²) in [6.45, 7) is 0. The van der Waals surface area contributed by atoms with Gasteiger partial charge >= 0.3 is 0 Å². The van der Waals surface area contributed by atoms with Gasteiger partial charge in [0.25, 0.3) is 0 Å². The zero-order chi connectivity index (χ0) is 5.30. The van der Waals surface area contributed by atoms with Crippen LogP contribution in [0, 0.1) is 23.7 Å². The Balaban J connectivity index is 2.05. The number of hydrogen-bond donors (Lipinski definition) is 0. The van der Waals surface area contributed by atoms with Crippen molar-refractivity contribution in [1.82, 2.24) is 0 Å². The van der Waals surface area contributed by atoms with E-state index in [9.17, 15) is 0 Å². The Morgan fingerprint density at radius 3 is 2.12 bits per heavy atom. The first-order valence-electron chi connectivity index (χ1n) is 3.22. The second kappa shape index (κ2) is 0.881. The summed E-state index contributed by atoms with van der Waals surface area (Å²) in [6, 6.07) is 0. The van der Waals surface area contributed by atoms with Gasteiger partial charge in [-0.05, 0) is 23.7 Å². The van der Waals surface area contributed by atoms with Gasteiger partial charge in [0.2, 0.25) is 0 Å². The van der Waals surface area contributed by atoms with Gasteiger partial charge in [-0.3, -0.25) is 0 Å². The van der Waals surface area contributed by atoms with Crippen molar-refractivity contribution >= 4 is 11.6 Å². The van der Waals surface area contributed by atoms with Crippen LogP contribution < -0.4 is 0 Å². The summed E-state index contributed by atoms with van der Waals surface area (Å²) in [5.74, 6) is 3.98. The molecule has 42 valence electrons. The van der Waals surface area contributed by atoms with E-state index >= 15 is 0 Å². The number of rotatable bonds is 0. The molecule has 1 heteroatoms. The molecule has 0 aromatic heterocycles. The van der Waals surface area contributed by atoms with Crippen LogP contribution in [0.3, 0.4) is 0 Å². The maximum absolute atomic E-state index is 5.94. The highest BCUT2D eigenvalue weighted by atomic mass is 35.5. The molecule has 0 aliphatic heterocycles. The molecule has 0 saturated heterocycles. The standard InChI is InChI=1S/C7H7Cl/c8-4-2-1-3-5-6(3)7(4)5/h1-7H/t3?,4-,5+,6?,7?/m0/s1. The van der Waals surface area contributed by atoms with Gasteiger partial charge in [0.05, 0.1) is 5.38 Å². The van der Waals surface area contributed by atoms with Crippen molar-refractivity contribution in [3.05, 3.63) is 12.2 Å². The molecular weight excluding hydrogens is 120 g/mol. The van der Waals surface area contributed by atoms with Crippen molar-refractivity contribution in [2.24, 2.45) is 23.7 Å². The topological polar surface area (TPSA) is 0 Å². The highest BCUT2D eigenvalue weighted by Crippen LogP contribution is 2.77. The molecule has 0 aromatic carbocycles. The average Bonchev–Trinajstić information content (AvgIpc) is 2.48. The van der Waals surface area contributed by atoms with Crippen molar-refractivity contribution in [1.29, 1.82) is 0 Å². The Morgan fingerprint density at radius 1 is 1.00 bits per heavy atom. The zero-order valence-electron chi connectivity index (χ0n) is 4.42. The zero-order valence-corrected chi connectivity index (χ0v) is 5.18. The summed E-state index contributed by atoms with van der Waals surface area (Å²) in [6.07, 6.45) is 4.46. The summed E-state index contributed by atoms with van der Waals surface area (Å²) >= 11 is 5.94. The molecule has 4 aliphatic carbocycles. The molecule has 4 aliphatic rings. The Kier molecular flexibility index (Phi) is 0.435. The lowest BCUT2D eigenvalue weighted by Gasteiger charge is -2.16. The van der Waals surface area contributed by atoms with Gasteiger partial charge in [0, 0.05) is 0 Å². The molecular formula is C7H7Cl. The third-order valence-corrected chi connectivity index (χ3v) is 3.26. The highest BCUT2D eigenvalue weighted by molar-refractivity contribution is 6.22. The quantitative estimate of drug-likeness (QED) is 0.342. The molecule has 8 heavy (non-hydrogen) atoms. The average molecular weight is 127 g/mol. The van der Waals surface area contributed by atoms with E-state index in [-0.39, 0.29) is 0 Å². The van der Waals surface area contributed by atoms with Crippen LogP contribution in [-0.4, -0.2) is 5.38 Å². The number of hydrogen-bond acceptors (Lipinski definition) is 0. The van der Waals surface area contributed by atoms with Crippen molar-refractivity contribution in [3.8, 4) is 0 Å². The summed E-state index contributed by atoms with van der Waals surface area (Å²) in [5, 5.41) is 0.398. The molecule has 0 heterocycles. The monoisotopic (exact) mass is 126 g/mol. The molecule has 0 aromatic rings. The summed E-state index contributed by atoms with van der Waals surface area (Å²) < 4.78 is 0. The third kappa shape index (κ3) is 0.244. The predicted octanol–water partition coefficient (Wildman–Crippen LogP) is 1.66. The molecule has 0 spiro atoms. The Labute approximate surface area is 53.5 Å².